The highest BCUT2D eigenvalue weighted by molar-refractivity contribution is 7.84. The van der Waals surface area contributed by atoms with Crippen LogP contribution >= 0.6 is 0 Å². The Hall–Kier alpha value is -0.910. The van der Waals surface area contributed by atoms with Crippen LogP contribution in [-0.4, -0.2) is 51.6 Å². The van der Waals surface area contributed by atoms with Gasteiger partial charge in [-0.2, -0.15) is 0 Å². The van der Waals surface area contributed by atoms with Crippen molar-refractivity contribution in [2.24, 2.45) is 5.92 Å². The monoisotopic (exact) mass is 302 g/mol. The summed E-state index contributed by atoms with van der Waals surface area (Å²) in [6.45, 7) is 6.50. The summed E-state index contributed by atoms with van der Waals surface area (Å²) in [6.07, 6.45) is 3.61. The van der Waals surface area contributed by atoms with Gasteiger partial charge in [-0.1, -0.05) is 20.8 Å². The van der Waals surface area contributed by atoms with E-state index in [9.17, 15) is 13.8 Å². The minimum Gasteiger partial charge on any atom is -0.342 e. The fourth-order valence-electron chi connectivity index (χ4n) is 2.57. The minimum atomic E-state index is -0.859. The molecule has 6 heteroatoms. The fourth-order valence-corrected chi connectivity index (χ4v) is 3.10. The molecule has 0 aliphatic carbocycles. The molecule has 1 saturated heterocycles. The van der Waals surface area contributed by atoms with Crippen LogP contribution in [0.25, 0.3) is 0 Å². The molecule has 1 rings (SSSR count). The molecule has 3 unspecified atom stereocenters. The molecule has 0 aromatic heterocycles. The van der Waals surface area contributed by atoms with Gasteiger partial charge >= 0.3 is 0 Å². The third-order valence-electron chi connectivity index (χ3n) is 3.50. The van der Waals surface area contributed by atoms with Crippen LogP contribution < -0.4 is 5.32 Å². The Balaban J connectivity index is 2.75. The average molecular weight is 302 g/mol. The summed E-state index contributed by atoms with van der Waals surface area (Å²) >= 11 is 0. The van der Waals surface area contributed by atoms with Crippen molar-refractivity contribution >= 4 is 22.6 Å². The second kappa shape index (κ2) is 7.76. The zero-order valence-corrected chi connectivity index (χ0v) is 13.7. The van der Waals surface area contributed by atoms with E-state index >= 15 is 0 Å². The van der Waals surface area contributed by atoms with E-state index in [0.29, 0.717) is 37.5 Å². The molecule has 0 saturated carbocycles. The first-order valence-electron chi connectivity index (χ1n) is 7.27. The van der Waals surface area contributed by atoms with Crippen molar-refractivity contribution in [2.45, 2.75) is 52.1 Å². The Labute approximate surface area is 123 Å². The largest absolute Gasteiger partial charge is 0.342 e. The quantitative estimate of drug-likeness (QED) is 0.760. The maximum atomic E-state index is 12.5. The molecule has 0 bridgehead atoms. The van der Waals surface area contributed by atoms with Gasteiger partial charge in [-0.3, -0.25) is 13.8 Å². The molecule has 5 nitrogen and oxygen atoms in total. The lowest BCUT2D eigenvalue weighted by molar-refractivity contribution is -0.149. The van der Waals surface area contributed by atoms with Crippen LogP contribution in [0.15, 0.2) is 0 Å². The summed E-state index contributed by atoms with van der Waals surface area (Å²) < 4.78 is 11.1. The number of nitrogens with zero attached hydrogens (tertiary/aromatic N) is 1. The van der Waals surface area contributed by atoms with Gasteiger partial charge in [0.15, 0.2) is 0 Å². The van der Waals surface area contributed by atoms with Crippen LogP contribution in [-0.2, 0) is 20.4 Å². The topological polar surface area (TPSA) is 66.5 Å². The van der Waals surface area contributed by atoms with Crippen molar-refractivity contribution in [2.75, 3.05) is 18.6 Å². The van der Waals surface area contributed by atoms with Crippen molar-refractivity contribution in [1.82, 2.24) is 10.2 Å². The molecule has 0 radical (unpaired) electrons. The van der Waals surface area contributed by atoms with E-state index in [0.717, 1.165) is 0 Å². The van der Waals surface area contributed by atoms with Crippen molar-refractivity contribution in [3.63, 3.8) is 0 Å². The maximum Gasteiger partial charge on any atom is 0.245 e. The predicted molar refractivity (Wildman–Crippen MR) is 80.7 cm³/mol. The number of rotatable bonds is 7. The van der Waals surface area contributed by atoms with E-state index in [1.165, 1.54) is 0 Å². The van der Waals surface area contributed by atoms with Crippen molar-refractivity contribution in [3.05, 3.63) is 0 Å². The molecule has 20 heavy (non-hydrogen) atoms. The van der Waals surface area contributed by atoms with Crippen LogP contribution in [0, 0.1) is 5.92 Å². The summed E-state index contributed by atoms with van der Waals surface area (Å²) in [6, 6.07) is -0.784. The van der Waals surface area contributed by atoms with Crippen LogP contribution in [0.2, 0.25) is 0 Å². The fraction of sp³-hybridized carbons (Fsp3) is 0.857. The molecule has 3 atom stereocenters. The van der Waals surface area contributed by atoms with E-state index in [-0.39, 0.29) is 17.9 Å². The van der Waals surface area contributed by atoms with Crippen LogP contribution in [0.3, 0.4) is 0 Å². The third kappa shape index (κ3) is 4.58. The zero-order chi connectivity index (χ0) is 15.3. The van der Waals surface area contributed by atoms with Gasteiger partial charge in [0.2, 0.25) is 11.8 Å². The average Bonchev–Trinajstić information content (AvgIpc) is 2.34. The number of piperazine rings is 1. The van der Waals surface area contributed by atoms with Gasteiger partial charge in [-0.25, -0.2) is 0 Å². The number of carbonyl (C=O) groups is 2. The smallest absolute Gasteiger partial charge is 0.245 e. The Morgan fingerprint density at radius 2 is 2.00 bits per heavy atom. The molecular formula is C14H26N2O3S. The van der Waals surface area contributed by atoms with Gasteiger partial charge in [0.25, 0.3) is 0 Å². The second-order valence-corrected chi connectivity index (χ2v) is 7.33. The van der Waals surface area contributed by atoms with Crippen molar-refractivity contribution in [3.8, 4) is 0 Å². The molecule has 1 heterocycles. The van der Waals surface area contributed by atoms with Crippen molar-refractivity contribution in [1.29, 1.82) is 0 Å². The van der Waals surface area contributed by atoms with Gasteiger partial charge in [0.1, 0.15) is 12.1 Å². The molecule has 1 N–H and O–H groups in total. The first-order valence-corrected chi connectivity index (χ1v) is 9.00. The van der Waals surface area contributed by atoms with E-state index in [1.807, 2.05) is 20.8 Å². The lowest BCUT2D eigenvalue weighted by Crippen LogP contribution is -2.63. The van der Waals surface area contributed by atoms with E-state index in [4.69, 9.17) is 0 Å². The predicted octanol–water partition coefficient (Wildman–Crippen LogP) is 0.907. The molecule has 116 valence electrons. The maximum absolute atomic E-state index is 12.5. The Bertz CT molecular complexity index is 385. The number of nitrogens with one attached hydrogen (secondary N) is 1. The van der Waals surface area contributed by atoms with Gasteiger partial charge in [0, 0.05) is 29.4 Å². The molecule has 0 aromatic carbocycles. The zero-order valence-electron chi connectivity index (χ0n) is 12.8. The van der Waals surface area contributed by atoms with E-state index in [2.05, 4.69) is 5.32 Å². The Kier molecular flexibility index (Phi) is 6.65. The molecular weight excluding hydrogens is 276 g/mol. The number of carbonyl (C=O) groups excluding carboxylic acids is 2. The second-order valence-electron chi connectivity index (χ2n) is 5.78. The number of amides is 2. The number of hydrogen-bond donors (Lipinski definition) is 1. The normalized spacial score (nSPS) is 24.9. The molecule has 1 aliphatic rings. The first-order chi connectivity index (χ1) is 9.36. The Morgan fingerprint density at radius 3 is 2.50 bits per heavy atom. The highest BCUT2D eigenvalue weighted by Crippen LogP contribution is 2.18. The summed E-state index contributed by atoms with van der Waals surface area (Å²) in [5.74, 6) is 0.867. The van der Waals surface area contributed by atoms with Gasteiger partial charge in [0.05, 0.1) is 0 Å². The summed E-state index contributed by atoms with van der Waals surface area (Å²) in [5.41, 5.74) is 0. The van der Waals surface area contributed by atoms with E-state index in [1.54, 1.807) is 11.2 Å². The molecule has 1 aliphatic heterocycles. The summed E-state index contributed by atoms with van der Waals surface area (Å²) in [4.78, 5) is 26.3. The molecule has 0 aromatic rings. The summed E-state index contributed by atoms with van der Waals surface area (Å²) in [7, 11) is -0.859. The van der Waals surface area contributed by atoms with E-state index < -0.39 is 16.8 Å². The lowest BCUT2D eigenvalue weighted by atomic mass is 9.97. The van der Waals surface area contributed by atoms with Gasteiger partial charge in [-0.05, 0) is 25.2 Å². The van der Waals surface area contributed by atoms with Gasteiger partial charge < -0.3 is 10.2 Å². The van der Waals surface area contributed by atoms with Crippen LogP contribution in [0.4, 0.5) is 0 Å². The highest BCUT2D eigenvalue weighted by atomic mass is 32.2. The number of hydrogen-bond acceptors (Lipinski definition) is 3. The highest BCUT2D eigenvalue weighted by Gasteiger charge is 2.39. The molecule has 1 fully saturated rings. The first kappa shape index (κ1) is 17.1. The molecule has 2 amide bonds. The molecule has 0 spiro atoms. The summed E-state index contributed by atoms with van der Waals surface area (Å²) in [5, 5.41) is 2.84. The Morgan fingerprint density at radius 1 is 1.35 bits per heavy atom. The SMILES string of the molecule is CCC1C(=O)NC(CC(C)C)C(=O)N1CCCS(C)=O. The third-order valence-corrected chi connectivity index (χ3v) is 4.36. The minimum absolute atomic E-state index is 0.00651. The standard InChI is InChI=1S/C14H26N2O3S/c1-5-12-13(17)15-11(9-10(2)3)14(18)16(12)7-6-8-20(4)19/h10-12H,5-9H2,1-4H3,(H,15,17). The lowest BCUT2D eigenvalue weighted by Gasteiger charge is -2.39. The van der Waals surface area contributed by atoms with Crippen LogP contribution in [0.5, 0.6) is 0 Å². The van der Waals surface area contributed by atoms with Crippen molar-refractivity contribution < 1.29 is 13.8 Å². The van der Waals surface area contributed by atoms with Gasteiger partial charge in [-0.15, -0.1) is 0 Å². The van der Waals surface area contributed by atoms with Crippen LogP contribution in [0.1, 0.15) is 40.0 Å².